The summed E-state index contributed by atoms with van der Waals surface area (Å²) < 4.78 is 0. The number of fused-ring (bicyclic) bond motifs is 1. The van der Waals surface area contributed by atoms with E-state index in [1.807, 2.05) is 31.2 Å². The molecule has 0 aliphatic carbocycles. The first kappa shape index (κ1) is 15.2. The van der Waals surface area contributed by atoms with E-state index in [9.17, 15) is 9.90 Å². The lowest BCUT2D eigenvalue weighted by Gasteiger charge is -2.10. The van der Waals surface area contributed by atoms with Gasteiger partial charge in [0.2, 0.25) is 0 Å². The van der Waals surface area contributed by atoms with Gasteiger partial charge in [0.25, 0.3) is 5.56 Å². The first-order valence-electron chi connectivity index (χ1n) is 7.75. The molecule has 0 aliphatic rings. The van der Waals surface area contributed by atoms with Crippen molar-refractivity contribution in [3.8, 4) is 5.75 Å². The minimum atomic E-state index is -0.0781. The van der Waals surface area contributed by atoms with Gasteiger partial charge in [0.15, 0.2) is 0 Å². The van der Waals surface area contributed by atoms with Crippen molar-refractivity contribution in [3.63, 3.8) is 0 Å². The number of anilines is 1. The van der Waals surface area contributed by atoms with Crippen LogP contribution in [-0.2, 0) is 13.0 Å². The second-order valence-electron chi connectivity index (χ2n) is 5.75. The molecule has 4 nitrogen and oxygen atoms in total. The Labute approximate surface area is 134 Å². The summed E-state index contributed by atoms with van der Waals surface area (Å²) in [6, 6.07) is 13.2. The molecule has 0 radical (unpaired) electrons. The van der Waals surface area contributed by atoms with Crippen molar-refractivity contribution in [3.05, 3.63) is 69.5 Å². The molecule has 3 N–H and O–H groups in total. The quantitative estimate of drug-likeness (QED) is 0.644. The van der Waals surface area contributed by atoms with Crippen molar-refractivity contribution in [2.45, 2.75) is 26.8 Å². The van der Waals surface area contributed by atoms with Crippen LogP contribution in [0.2, 0.25) is 0 Å². The van der Waals surface area contributed by atoms with Gasteiger partial charge in [0, 0.05) is 23.3 Å². The average Bonchev–Trinajstić information content (AvgIpc) is 2.53. The Morgan fingerprint density at radius 3 is 2.70 bits per heavy atom. The van der Waals surface area contributed by atoms with Crippen LogP contribution in [0.1, 0.15) is 23.6 Å². The van der Waals surface area contributed by atoms with Crippen molar-refractivity contribution in [1.29, 1.82) is 0 Å². The van der Waals surface area contributed by atoms with Gasteiger partial charge in [-0.2, -0.15) is 0 Å². The highest BCUT2D eigenvalue weighted by atomic mass is 16.3. The summed E-state index contributed by atoms with van der Waals surface area (Å²) in [4.78, 5) is 15.1. The lowest BCUT2D eigenvalue weighted by atomic mass is 10.1. The standard InChI is InChI=1S/C19H20N2O2/c1-3-13-4-6-18-14(9-13)10-15(19(23)21-18)11-20-17-7-5-16(22)8-12(17)2/h4-10,20,22H,3,11H2,1-2H3,(H,21,23). The van der Waals surface area contributed by atoms with Crippen molar-refractivity contribution >= 4 is 16.6 Å². The smallest absolute Gasteiger partial charge is 0.253 e. The number of aryl methyl sites for hydroxylation is 2. The second-order valence-corrected chi connectivity index (χ2v) is 5.75. The van der Waals surface area contributed by atoms with Crippen LogP contribution < -0.4 is 10.9 Å². The van der Waals surface area contributed by atoms with Gasteiger partial charge >= 0.3 is 0 Å². The molecule has 3 rings (SSSR count). The van der Waals surface area contributed by atoms with Crippen LogP contribution in [0.3, 0.4) is 0 Å². The Balaban J connectivity index is 1.90. The average molecular weight is 308 g/mol. The topological polar surface area (TPSA) is 65.1 Å². The van der Waals surface area contributed by atoms with Gasteiger partial charge in [-0.1, -0.05) is 13.0 Å². The highest BCUT2D eigenvalue weighted by Crippen LogP contribution is 2.21. The van der Waals surface area contributed by atoms with Gasteiger partial charge < -0.3 is 15.4 Å². The Morgan fingerprint density at radius 2 is 1.96 bits per heavy atom. The van der Waals surface area contributed by atoms with Crippen LogP contribution in [0, 0.1) is 6.92 Å². The number of phenolic OH excluding ortho intramolecular Hbond substituents is 1. The van der Waals surface area contributed by atoms with E-state index < -0.39 is 0 Å². The number of nitrogens with one attached hydrogen (secondary N) is 2. The Hall–Kier alpha value is -2.75. The summed E-state index contributed by atoms with van der Waals surface area (Å²) in [5.41, 5.74) is 4.57. The van der Waals surface area contributed by atoms with Crippen LogP contribution in [0.4, 0.5) is 5.69 Å². The number of aromatic nitrogens is 1. The van der Waals surface area contributed by atoms with Crippen molar-refractivity contribution in [1.82, 2.24) is 4.98 Å². The molecular formula is C19H20N2O2. The summed E-state index contributed by atoms with van der Waals surface area (Å²) in [6.07, 6.45) is 0.968. The van der Waals surface area contributed by atoms with E-state index in [0.717, 1.165) is 28.6 Å². The molecule has 0 fully saturated rings. The highest BCUT2D eigenvalue weighted by molar-refractivity contribution is 5.79. The molecule has 1 heterocycles. The maximum Gasteiger partial charge on any atom is 0.253 e. The molecule has 0 saturated heterocycles. The van der Waals surface area contributed by atoms with E-state index in [2.05, 4.69) is 23.3 Å². The predicted octanol–water partition coefficient (Wildman–Crippen LogP) is 3.72. The number of hydrogen-bond donors (Lipinski definition) is 3. The normalized spacial score (nSPS) is 10.9. The van der Waals surface area contributed by atoms with Gasteiger partial charge in [-0.15, -0.1) is 0 Å². The molecule has 0 amide bonds. The molecule has 1 aromatic heterocycles. The lowest BCUT2D eigenvalue weighted by molar-refractivity contribution is 0.475. The van der Waals surface area contributed by atoms with Crippen LogP contribution in [0.15, 0.2) is 47.3 Å². The number of H-pyrrole nitrogens is 1. The fourth-order valence-corrected chi connectivity index (χ4v) is 2.69. The van der Waals surface area contributed by atoms with Gasteiger partial charge in [0.05, 0.1) is 0 Å². The molecule has 0 aliphatic heterocycles. The van der Waals surface area contributed by atoms with E-state index in [1.54, 1.807) is 12.1 Å². The largest absolute Gasteiger partial charge is 0.508 e. The van der Waals surface area contributed by atoms with E-state index >= 15 is 0 Å². The summed E-state index contributed by atoms with van der Waals surface area (Å²) >= 11 is 0. The van der Waals surface area contributed by atoms with Gasteiger partial charge in [-0.3, -0.25) is 4.79 Å². The van der Waals surface area contributed by atoms with Gasteiger partial charge in [0.1, 0.15) is 5.75 Å². The van der Waals surface area contributed by atoms with Crippen molar-refractivity contribution < 1.29 is 5.11 Å². The third kappa shape index (κ3) is 3.21. The van der Waals surface area contributed by atoms with Gasteiger partial charge in [-0.05, 0) is 66.3 Å². The Kier molecular flexibility index (Phi) is 4.06. The molecule has 3 aromatic rings. The number of rotatable bonds is 4. The SMILES string of the molecule is CCc1ccc2[nH]c(=O)c(CNc3ccc(O)cc3C)cc2c1. The van der Waals surface area contributed by atoms with Crippen molar-refractivity contribution in [2.75, 3.05) is 5.32 Å². The lowest BCUT2D eigenvalue weighted by Crippen LogP contribution is -2.16. The molecule has 2 aromatic carbocycles. The maximum atomic E-state index is 12.2. The van der Waals surface area contributed by atoms with Crippen LogP contribution in [-0.4, -0.2) is 10.1 Å². The Bertz CT molecular complexity index is 913. The summed E-state index contributed by atoms with van der Waals surface area (Å²) in [5.74, 6) is 0.240. The first-order valence-corrected chi connectivity index (χ1v) is 7.75. The van der Waals surface area contributed by atoms with Crippen LogP contribution >= 0.6 is 0 Å². The summed E-state index contributed by atoms with van der Waals surface area (Å²) in [7, 11) is 0. The molecule has 118 valence electrons. The fourth-order valence-electron chi connectivity index (χ4n) is 2.69. The van der Waals surface area contributed by atoms with E-state index in [0.29, 0.717) is 12.1 Å². The third-order valence-corrected chi connectivity index (χ3v) is 4.07. The van der Waals surface area contributed by atoms with Crippen molar-refractivity contribution in [2.24, 2.45) is 0 Å². The molecule has 0 spiro atoms. The number of aromatic amines is 1. The zero-order valence-electron chi connectivity index (χ0n) is 13.3. The monoisotopic (exact) mass is 308 g/mol. The number of hydrogen-bond acceptors (Lipinski definition) is 3. The summed E-state index contributed by atoms with van der Waals surface area (Å²) in [6.45, 7) is 4.47. The number of aromatic hydroxyl groups is 1. The molecule has 23 heavy (non-hydrogen) atoms. The minimum absolute atomic E-state index is 0.0781. The Morgan fingerprint density at radius 1 is 1.13 bits per heavy atom. The van der Waals surface area contributed by atoms with Crippen LogP contribution in [0.5, 0.6) is 5.75 Å². The zero-order valence-corrected chi connectivity index (χ0v) is 13.3. The summed E-state index contributed by atoms with van der Waals surface area (Å²) in [5, 5.41) is 13.8. The first-order chi connectivity index (χ1) is 11.1. The van der Waals surface area contributed by atoms with E-state index in [1.165, 1.54) is 5.56 Å². The molecule has 0 atom stereocenters. The highest BCUT2D eigenvalue weighted by Gasteiger charge is 2.05. The fraction of sp³-hybridized carbons (Fsp3) is 0.211. The zero-order chi connectivity index (χ0) is 16.4. The minimum Gasteiger partial charge on any atom is -0.508 e. The predicted molar refractivity (Wildman–Crippen MR) is 94.1 cm³/mol. The number of pyridine rings is 1. The second kappa shape index (κ2) is 6.16. The number of phenols is 1. The van der Waals surface area contributed by atoms with E-state index in [-0.39, 0.29) is 11.3 Å². The van der Waals surface area contributed by atoms with Crippen LogP contribution in [0.25, 0.3) is 10.9 Å². The molecule has 0 unspecified atom stereocenters. The van der Waals surface area contributed by atoms with E-state index in [4.69, 9.17) is 0 Å². The number of benzene rings is 2. The molecular weight excluding hydrogens is 288 g/mol. The maximum absolute atomic E-state index is 12.2. The van der Waals surface area contributed by atoms with Gasteiger partial charge in [-0.25, -0.2) is 0 Å². The molecule has 0 bridgehead atoms. The molecule has 4 heteroatoms. The third-order valence-electron chi connectivity index (χ3n) is 4.07. The molecule has 0 saturated carbocycles.